The van der Waals surface area contributed by atoms with Crippen LogP contribution in [0.1, 0.15) is 32.6 Å². The number of rotatable bonds is 7. The maximum Gasteiger partial charge on any atom is 0.407 e. The van der Waals surface area contributed by atoms with E-state index in [4.69, 9.17) is 4.74 Å². The Morgan fingerprint density at radius 1 is 1.54 bits per heavy atom. The monoisotopic (exact) mass is 184 g/mol. The van der Waals surface area contributed by atoms with Gasteiger partial charge in [-0.1, -0.05) is 38.8 Å². The Labute approximate surface area is 80.2 Å². The van der Waals surface area contributed by atoms with Crippen LogP contribution in [0.15, 0.2) is 12.7 Å². The van der Waals surface area contributed by atoms with Gasteiger partial charge in [-0.05, 0) is 6.42 Å². The van der Waals surface area contributed by atoms with Gasteiger partial charge in [0.25, 0.3) is 0 Å². The number of carbonyl (C=O) groups is 1. The van der Waals surface area contributed by atoms with Crippen molar-refractivity contribution < 1.29 is 9.53 Å². The predicted octanol–water partition coefficient (Wildman–Crippen LogP) is 2.64. The van der Waals surface area contributed by atoms with Crippen molar-refractivity contribution in [2.75, 3.05) is 6.61 Å². The molecule has 0 aliphatic rings. The van der Waals surface area contributed by atoms with Crippen molar-refractivity contribution in [3.8, 4) is 0 Å². The minimum Gasteiger partial charge on any atom is -0.445 e. The summed E-state index contributed by atoms with van der Waals surface area (Å²) >= 11 is 0. The molecule has 0 saturated carbocycles. The molecule has 1 amide bonds. The number of carbonyl (C=O) groups excluding carboxylic acids is 1. The van der Waals surface area contributed by atoms with E-state index in [0.717, 1.165) is 12.8 Å². The summed E-state index contributed by atoms with van der Waals surface area (Å²) in [6, 6.07) is 0. The fourth-order valence-electron chi connectivity index (χ4n) is 0.828. The standard InChI is InChI=1S/C10H18NO2/c1-3-5-6-7-8-11-10(12)13-9-4-2/h4,8H,2-3,5-7,9H2,1H3,(H,11,12). The molecule has 0 atom stereocenters. The van der Waals surface area contributed by atoms with Gasteiger partial charge >= 0.3 is 6.09 Å². The summed E-state index contributed by atoms with van der Waals surface area (Å²) in [7, 11) is 0. The molecule has 1 N–H and O–H groups in total. The Hall–Kier alpha value is -0.990. The third-order valence-electron chi connectivity index (χ3n) is 1.50. The molecular weight excluding hydrogens is 166 g/mol. The molecule has 3 nitrogen and oxygen atoms in total. The average Bonchev–Trinajstić information content (AvgIpc) is 2.14. The first-order chi connectivity index (χ1) is 6.31. The van der Waals surface area contributed by atoms with E-state index in [1.54, 1.807) is 6.54 Å². The molecule has 13 heavy (non-hydrogen) atoms. The van der Waals surface area contributed by atoms with Gasteiger partial charge in [0, 0.05) is 0 Å². The molecule has 0 spiro atoms. The lowest BCUT2D eigenvalue weighted by Crippen LogP contribution is -2.21. The Morgan fingerprint density at radius 3 is 2.92 bits per heavy atom. The largest absolute Gasteiger partial charge is 0.445 e. The van der Waals surface area contributed by atoms with Crippen LogP contribution in [-0.4, -0.2) is 12.7 Å². The highest BCUT2D eigenvalue weighted by Gasteiger charge is 1.98. The van der Waals surface area contributed by atoms with Crippen molar-refractivity contribution in [2.45, 2.75) is 32.6 Å². The van der Waals surface area contributed by atoms with Crippen molar-refractivity contribution in [1.29, 1.82) is 0 Å². The van der Waals surface area contributed by atoms with Crippen molar-refractivity contribution >= 4 is 6.09 Å². The van der Waals surface area contributed by atoms with Crippen molar-refractivity contribution in [1.82, 2.24) is 5.32 Å². The van der Waals surface area contributed by atoms with Gasteiger partial charge in [0.2, 0.25) is 0 Å². The van der Waals surface area contributed by atoms with Gasteiger partial charge < -0.3 is 10.1 Å². The van der Waals surface area contributed by atoms with Crippen LogP contribution in [0.4, 0.5) is 4.79 Å². The molecule has 0 fully saturated rings. The number of amides is 1. The summed E-state index contributed by atoms with van der Waals surface area (Å²) in [4.78, 5) is 10.8. The minimum absolute atomic E-state index is 0.259. The van der Waals surface area contributed by atoms with Crippen LogP contribution in [0.5, 0.6) is 0 Å². The van der Waals surface area contributed by atoms with E-state index in [0.29, 0.717) is 0 Å². The van der Waals surface area contributed by atoms with E-state index in [1.807, 2.05) is 0 Å². The topological polar surface area (TPSA) is 38.3 Å². The van der Waals surface area contributed by atoms with Crippen LogP contribution in [-0.2, 0) is 4.74 Å². The molecule has 0 unspecified atom stereocenters. The van der Waals surface area contributed by atoms with E-state index >= 15 is 0 Å². The first kappa shape index (κ1) is 12.0. The second-order valence-electron chi connectivity index (χ2n) is 2.73. The van der Waals surface area contributed by atoms with Gasteiger partial charge in [0.1, 0.15) is 6.61 Å². The maximum atomic E-state index is 10.8. The molecule has 0 heterocycles. The van der Waals surface area contributed by atoms with Gasteiger partial charge in [-0.25, -0.2) is 4.79 Å². The molecule has 0 rings (SSSR count). The van der Waals surface area contributed by atoms with E-state index in [1.165, 1.54) is 18.9 Å². The number of hydrogen-bond donors (Lipinski definition) is 1. The summed E-state index contributed by atoms with van der Waals surface area (Å²) in [5.74, 6) is 0. The highest BCUT2D eigenvalue weighted by Crippen LogP contribution is 1.99. The van der Waals surface area contributed by atoms with Gasteiger partial charge in [-0.15, -0.1) is 0 Å². The predicted molar refractivity (Wildman–Crippen MR) is 53.1 cm³/mol. The zero-order chi connectivity index (χ0) is 9.94. The molecule has 0 aliphatic carbocycles. The highest BCUT2D eigenvalue weighted by molar-refractivity contribution is 5.67. The Bertz CT molecular complexity index is 146. The fourth-order valence-corrected chi connectivity index (χ4v) is 0.828. The molecule has 0 aliphatic heterocycles. The Morgan fingerprint density at radius 2 is 2.31 bits per heavy atom. The number of nitrogens with one attached hydrogen (secondary N) is 1. The number of alkyl carbamates (subject to hydrolysis) is 1. The highest BCUT2D eigenvalue weighted by atomic mass is 16.5. The summed E-state index contributed by atoms with van der Waals surface area (Å²) < 4.78 is 4.70. The number of hydrogen-bond acceptors (Lipinski definition) is 2. The van der Waals surface area contributed by atoms with E-state index in [-0.39, 0.29) is 6.61 Å². The van der Waals surface area contributed by atoms with Crippen molar-refractivity contribution in [3.63, 3.8) is 0 Å². The third kappa shape index (κ3) is 8.92. The normalized spacial score (nSPS) is 9.31. The molecule has 1 radical (unpaired) electrons. The number of unbranched alkanes of at least 4 members (excludes halogenated alkanes) is 3. The van der Waals surface area contributed by atoms with E-state index in [2.05, 4.69) is 18.8 Å². The van der Waals surface area contributed by atoms with Crippen molar-refractivity contribution in [3.05, 3.63) is 19.2 Å². The average molecular weight is 184 g/mol. The van der Waals surface area contributed by atoms with Crippen LogP contribution < -0.4 is 5.32 Å². The van der Waals surface area contributed by atoms with Crippen LogP contribution in [0.25, 0.3) is 0 Å². The SMILES string of the molecule is C=CCOC(=O)N[CH]CCCCC. The lowest BCUT2D eigenvalue weighted by atomic mass is 10.2. The second kappa shape index (κ2) is 9.10. The molecule has 0 aromatic heterocycles. The zero-order valence-electron chi connectivity index (χ0n) is 8.21. The van der Waals surface area contributed by atoms with Gasteiger partial charge in [-0.2, -0.15) is 0 Å². The van der Waals surface area contributed by atoms with Crippen LogP contribution in [0.2, 0.25) is 0 Å². The molecule has 0 aromatic carbocycles. The summed E-state index contributed by atoms with van der Waals surface area (Å²) in [6.07, 6.45) is 5.53. The molecule has 0 saturated heterocycles. The van der Waals surface area contributed by atoms with E-state index < -0.39 is 6.09 Å². The smallest absolute Gasteiger partial charge is 0.407 e. The Kier molecular flexibility index (Phi) is 8.41. The zero-order valence-corrected chi connectivity index (χ0v) is 8.21. The van der Waals surface area contributed by atoms with Crippen LogP contribution in [0.3, 0.4) is 0 Å². The number of ether oxygens (including phenoxy) is 1. The second-order valence-corrected chi connectivity index (χ2v) is 2.73. The molecule has 0 aromatic rings. The maximum absolute atomic E-state index is 10.8. The fraction of sp³-hybridized carbons (Fsp3) is 0.600. The molecule has 0 bridgehead atoms. The van der Waals surface area contributed by atoms with Gasteiger partial charge in [0.15, 0.2) is 0 Å². The first-order valence-electron chi connectivity index (χ1n) is 4.67. The lowest BCUT2D eigenvalue weighted by molar-refractivity contribution is 0.160. The quantitative estimate of drug-likeness (QED) is 0.488. The Balaban J connectivity index is 3.12. The van der Waals surface area contributed by atoms with Crippen molar-refractivity contribution in [2.24, 2.45) is 0 Å². The first-order valence-corrected chi connectivity index (χ1v) is 4.67. The summed E-state index contributed by atoms with van der Waals surface area (Å²) in [6.45, 7) is 7.58. The van der Waals surface area contributed by atoms with E-state index in [9.17, 15) is 4.79 Å². The summed E-state index contributed by atoms with van der Waals surface area (Å²) in [5, 5.41) is 2.54. The third-order valence-corrected chi connectivity index (χ3v) is 1.50. The molecular formula is C10H18NO2. The molecule has 75 valence electrons. The van der Waals surface area contributed by atoms with Gasteiger partial charge in [-0.3, -0.25) is 0 Å². The van der Waals surface area contributed by atoms with Crippen LogP contribution >= 0.6 is 0 Å². The summed E-state index contributed by atoms with van der Waals surface area (Å²) in [5.41, 5.74) is 0. The van der Waals surface area contributed by atoms with Gasteiger partial charge in [0.05, 0.1) is 6.54 Å². The lowest BCUT2D eigenvalue weighted by Gasteiger charge is -2.03. The van der Waals surface area contributed by atoms with Crippen LogP contribution in [0, 0.1) is 6.54 Å². The minimum atomic E-state index is -0.406. The molecule has 3 heteroatoms.